The number of fused-ring (bicyclic) bond motifs is 2. The molecule has 0 saturated heterocycles. The van der Waals surface area contributed by atoms with Crippen LogP contribution in [0, 0.1) is 0 Å². The second-order valence-electron chi connectivity index (χ2n) is 10.8. The smallest absolute Gasteiger partial charge is 0.261 e. The molecule has 0 aliphatic carbocycles. The molecule has 6 nitrogen and oxygen atoms in total. The maximum absolute atomic E-state index is 13.5. The maximum atomic E-state index is 13.5. The van der Waals surface area contributed by atoms with Gasteiger partial charge in [0.2, 0.25) is 0 Å². The molecule has 0 radical (unpaired) electrons. The van der Waals surface area contributed by atoms with Gasteiger partial charge in [-0.25, -0.2) is 0 Å². The van der Waals surface area contributed by atoms with Gasteiger partial charge in [-0.2, -0.15) is 0 Å². The third kappa shape index (κ3) is 6.88. The molecule has 0 bridgehead atoms. The van der Waals surface area contributed by atoms with E-state index in [-0.39, 0.29) is 49.8 Å². The summed E-state index contributed by atoms with van der Waals surface area (Å²) in [4.78, 5) is 53.1. The van der Waals surface area contributed by atoms with Crippen molar-refractivity contribution in [3.8, 4) is 0 Å². The highest BCUT2D eigenvalue weighted by atomic mass is 16.2. The fourth-order valence-electron chi connectivity index (χ4n) is 5.64. The second kappa shape index (κ2) is 14.4. The topological polar surface area (TPSA) is 78.1 Å². The molecule has 37 heavy (non-hydrogen) atoms. The van der Waals surface area contributed by atoms with Crippen LogP contribution < -0.4 is 22.2 Å². The molecule has 0 spiro atoms. The summed E-state index contributed by atoms with van der Waals surface area (Å²) in [6.45, 7) is 6.89. The van der Waals surface area contributed by atoms with Gasteiger partial charge < -0.3 is 0 Å². The molecule has 0 fully saturated rings. The summed E-state index contributed by atoms with van der Waals surface area (Å²) < 4.78 is 2.72. The molecule has 0 N–H and O–H groups in total. The molecule has 3 aromatic rings. The Morgan fingerprint density at radius 1 is 0.514 bits per heavy atom. The van der Waals surface area contributed by atoms with Crippen LogP contribution in [0.5, 0.6) is 0 Å². The Morgan fingerprint density at radius 3 is 1.35 bits per heavy atom. The monoisotopic (exact) mass is 510 g/mol. The average Bonchev–Trinajstić information content (AvgIpc) is 3.28. The van der Waals surface area contributed by atoms with Crippen molar-refractivity contribution in [3.05, 3.63) is 53.5 Å². The summed E-state index contributed by atoms with van der Waals surface area (Å²) in [5.41, 5.74) is -1.31. The van der Waals surface area contributed by atoms with E-state index in [0.29, 0.717) is 6.54 Å². The van der Waals surface area contributed by atoms with Crippen LogP contribution in [-0.2, 0) is 6.54 Å². The van der Waals surface area contributed by atoms with Gasteiger partial charge in [-0.1, -0.05) is 104 Å². The third-order valence-electron chi connectivity index (χ3n) is 7.89. The first kappa shape index (κ1) is 29.1. The van der Waals surface area contributed by atoms with Crippen LogP contribution in [0.2, 0.25) is 0 Å². The Bertz CT molecular complexity index is 1260. The van der Waals surface area contributed by atoms with Crippen molar-refractivity contribution in [2.75, 3.05) is 0 Å². The van der Waals surface area contributed by atoms with Gasteiger partial charge in [0.1, 0.15) is 0 Å². The zero-order valence-corrected chi connectivity index (χ0v) is 23.3. The van der Waals surface area contributed by atoms with Crippen LogP contribution in [0.1, 0.15) is 130 Å². The summed E-state index contributed by atoms with van der Waals surface area (Å²) >= 11 is 0. The van der Waals surface area contributed by atoms with Crippen LogP contribution in [0.15, 0.2) is 31.3 Å². The molecule has 0 aliphatic heterocycles. The molecule has 0 amide bonds. The zero-order chi connectivity index (χ0) is 26.8. The number of benzene rings is 1. The van der Waals surface area contributed by atoms with Crippen molar-refractivity contribution in [1.29, 1.82) is 0 Å². The average molecular weight is 511 g/mol. The van der Waals surface area contributed by atoms with E-state index in [1.165, 1.54) is 40.5 Å². The standard InChI is InChI=1S/C31H46N2O4/c1-4-7-10-13-16-19-23(18-15-12-9-6-3)33-30(36)26-21-24-25(22-27(26)31(33)37)29(35)32(28(24)34)20-17-14-11-8-5-2/h21-23H,4-20H2,1-3H3. The summed E-state index contributed by atoms with van der Waals surface area (Å²) in [5, 5.41) is 1.08. The first-order valence-electron chi connectivity index (χ1n) is 14.9. The second-order valence-corrected chi connectivity index (χ2v) is 10.8. The van der Waals surface area contributed by atoms with Gasteiger partial charge in [0.05, 0.1) is 21.5 Å². The van der Waals surface area contributed by atoms with Crippen LogP contribution in [0.25, 0.3) is 21.5 Å². The van der Waals surface area contributed by atoms with Crippen molar-refractivity contribution < 1.29 is 0 Å². The van der Waals surface area contributed by atoms with E-state index < -0.39 is 0 Å². The third-order valence-corrected chi connectivity index (χ3v) is 7.89. The van der Waals surface area contributed by atoms with E-state index >= 15 is 0 Å². The van der Waals surface area contributed by atoms with Gasteiger partial charge in [0.15, 0.2) is 0 Å². The van der Waals surface area contributed by atoms with E-state index in [2.05, 4.69) is 20.8 Å². The quantitative estimate of drug-likeness (QED) is 0.177. The van der Waals surface area contributed by atoms with E-state index in [9.17, 15) is 19.2 Å². The summed E-state index contributed by atoms with van der Waals surface area (Å²) in [7, 11) is 0. The highest BCUT2D eigenvalue weighted by molar-refractivity contribution is 5.97. The molecule has 3 rings (SSSR count). The summed E-state index contributed by atoms with van der Waals surface area (Å²) in [6, 6.07) is 2.89. The largest absolute Gasteiger partial charge is 0.274 e. The first-order valence-corrected chi connectivity index (χ1v) is 14.9. The Kier molecular flexibility index (Phi) is 11.3. The van der Waals surface area contributed by atoms with E-state index in [1.807, 2.05) is 0 Å². The number of rotatable bonds is 18. The Morgan fingerprint density at radius 2 is 0.892 bits per heavy atom. The van der Waals surface area contributed by atoms with Crippen molar-refractivity contribution in [3.63, 3.8) is 0 Å². The Balaban J connectivity index is 1.93. The number of aromatic nitrogens is 2. The van der Waals surface area contributed by atoms with Crippen LogP contribution in [0.3, 0.4) is 0 Å². The minimum absolute atomic E-state index is 0.133. The minimum atomic E-state index is -0.343. The molecule has 0 saturated carbocycles. The van der Waals surface area contributed by atoms with Gasteiger partial charge in [-0.15, -0.1) is 0 Å². The SMILES string of the molecule is CCCCCCCC(CCCCCC)n1c(=O)c2cc3c(=O)n(CCCCCCC)c(=O)c3cc2c1=O. The van der Waals surface area contributed by atoms with Gasteiger partial charge in [0.25, 0.3) is 22.2 Å². The lowest BCUT2D eigenvalue weighted by Gasteiger charge is -2.17. The lowest BCUT2D eigenvalue weighted by molar-refractivity contribution is 0.385. The summed E-state index contributed by atoms with van der Waals surface area (Å²) in [6.07, 6.45) is 16.8. The van der Waals surface area contributed by atoms with Gasteiger partial charge in [0, 0.05) is 12.6 Å². The Hall–Kier alpha value is -2.50. The maximum Gasteiger partial charge on any atom is 0.261 e. The number of hydrogen-bond donors (Lipinski definition) is 0. The molecule has 2 aromatic heterocycles. The molecular weight excluding hydrogens is 464 g/mol. The lowest BCUT2D eigenvalue weighted by Crippen LogP contribution is -2.30. The first-order chi connectivity index (χ1) is 18.0. The van der Waals surface area contributed by atoms with Gasteiger partial charge >= 0.3 is 0 Å². The molecule has 6 heteroatoms. The number of unbranched alkanes of at least 4 members (excludes halogenated alkanes) is 11. The van der Waals surface area contributed by atoms with Gasteiger partial charge in [-0.3, -0.25) is 28.3 Å². The normalized spacial score (nSPS) is 12.7. The molecule has 1 atom stereocenters. The van der Waals surface area contributed by atoms with Crippen LogP contribution in [-0.4, -0.2) is 9.13 Å². The molecule has 1 aromatic carbocycles. The molecule has 1 unspecified atom stereocenters. The minimum Gasteiger partial charge on any atom is -0.274 e. The fourth-order valence-corrected chi connectivity index (χ4v) is 5.64. The zero-order valence-electron chi connectivity index (χ0n) is 23.3. The predicted octanol–water partition coefficient (Wildman–Crippen LogP) is 6.75. The Labute approximate surface area is 220 Å². The molecule has 2 heterocycles. The van der Waals surface area contributed by atoms with Crippen molar-refractivity contribution in [2.45, 2.75) is 136 Å². The molecular formula is C31H46N2O4. The summed E-state index contributed by atoms with van der Waals surface area (Å²) in [5.74, 6) is 0. The van der Waals surface area contributed by atoms with Crippen LogP contribution in [0.4, 0.5) is 0 Å². The number of hydrogen-bond acceptors (Lipinski definition) is 4. The highest BCUT2D eigenvalue weighted by Gasteiger charge is 2.23. The van der Waals surface area contributed by atoms with Crippen molar-refractivity contribution >= 4 is 21.5 Å². The predicted molar refractivity (Wildman–Crippen MR) is 155 cm³/mol. The highest BCUT2D eigenvalue weighted by Crippen LogP contribution is 2.24. The van der Waals surface area contributed by atoms with Crippen LogP contribution >= 0.6 is 0 Å². The van der Waals surface area contributed by atoms with Crippen molar-refractivity contribution in [1.82, 2.24) is 9.13 Å². The lowest BCUT2D eigenvalue weighted by atomic mass is 10.0. The number of nitrogens with zero attached hydrogens (tertiary/aromatic N) is 2. The van der Waals surface area contributed by atoms with Gasteiger partial charge in [-0.05, 0) is 31.4 Å². The van der Waals surface area contributed by atoms with E-state index in [0.717, 1.165) is 83.5 Å². The van der Waals surface area contributed by atoms with Crippen molar-refractivity contribution in [2.24, 2.45) is 0 Å². The van der Waals surface area contributed by atoms with E-state index in [4.69, 9.17) is 0 Å². The molecule has 204 valence electrons. The fraction of sp³-hybridized carbons (Fsp3) is 0.677. The van der Waals surface area contributed by atoms with E-state index in [1.54, 1.807) is 0 Å². The molecule has 0 aliphatic rings.